The predicted octanol–water partition coefficient (Wildman–Crippen LogP) is 1.95. The molecule has 1 heterocycles. The third kappa shape index (κ3) is 6.32. The fraction of sp³-hybridized carbons (Fsp3) is 0.692. The fourth-order valence-corrected chi connectivity index (χ4v) is 3.96. The van der Waals surface area contributed by atoms with E-state index < -0.39 is 10.0 Å². The van der Waals surface area contributed by atoms with E-state index in [4.69, 9.17) is 4.74 Å². The molecule has 20 heavy (non-hydrogen) atoms. The van der Waals surface area contributed by atoms with Gasteiger partial charge in [0.25, 0.3) is 0 Å². The summed E-state index contributed by atoms with van der Waals surface area (Å²) in [7, 11) is -1.72. The highest BCUT2D eigenvalue weighted by Gasteiger charge is 2.15. The molecular weight excluding hydrogens is 296 g/mol. The van der Waals surface area contributed by atoms with E-state index in [1.54, 1.807) is 18.6 Å². The summed E-state index contributed by atoms with van der Waals surface area (Å²) in [5.41, 5.74) is 0. The maximum absolute atomic E-state index is 12.1. The number of methoxy groups -OCH3 is 1. The van der Waals surface area contributed by atoms with Crippen molar-refractivity contribution < 1.29 is 13.2 Å². The van der Waals surface area contributed by atoms with Crippen LogP contribution < -0.4 is 10.0 Å². The summed E-state index contributed by atoms with van der Waals surface area (Å²) in [4.78, 5) is 1.40. The van der Waals surface area contributed by atoms with Crippen molar-refractivity contribution in [1.82, 2.24) is 10.0 Å². The van der Waals surface area contributed by atoms with E-state index in [0.29, 0.717) is 18.0 Å². The Morgan fingerprint density at radius 1 is 1.30 bits per heavy atom. The minimum Gasteiger partial charge on any atom is -0.385 e. The molecule has 7 heteroatoms. The van der Waals surface area contributed by atoms with Crippen molar-refractivity contribution in [2.45, 2.75) is 37.6 Å². The lowest BCUT2D eigenvalue weighted by Crippen LogP contribution is -2.24. The van der Waals surface area contributed by atoms with Gasteiger partial charge in [-0.2, -0.15) is 0 Å². The summed E-state index contributed by atoms with van der Waals surface area (Å²) in [5.74, 6) is 0. The van der Waals surface area contributed by atoms with Gasteiger partial charge >= 0.3 is 0 Å². The number of sulfonamides is 1. The summed E-state index contributed by atoms with van der Waals surface area (Å²) in [6.45, 7) is 4.88. The monoisotopic (exact) mass is 320 g/mol. The highest BCUT2D eigenvalue weighted by Crippen LogP contribution is 2.19. The van der Waals surface area contributed by atoms with Gasteiger partial charge in [0, 0.05) is 37.1 Å². The minimum absolute atomic E-state index is 0.363. The Hall–Kier alpha value is -0.470. The van der Waals surface area contributed by atoms with E-state index in [0.717, 1.165) is 37.2 Å². The normalized spacial score (nSPS) is 11.9. The van der Waals surface area contributed by atoms with Gasteiger partial charge in [-0.05, 0) is 31.9 Å². The second-order valence-electron chi connectivity index (χ2n) is 4.52. The van der Waals surface area contributed by atoms with Gasteiger partial charge < -0.3 is 10.1 Å². The van der Waals surface area contributed by atoms with Gasteiger partial charge in [-0.15, -0.1) is 11.3 Å². The first-order valence-corrected chi connectivity index (χ1v) is 9.23. The van der Waals surface area contributed by atoms with Crippen LogP contribution in [0.25, 0.3) is 0 Å². The van der Waals surface area contributed by atoms with Crippen LogP contribution in [0.15, 0.2) is 16.3 Å². The van der Waals surface area contributed by atoms with Gasteiger partial charge in [0.2, 0.25) is 10.0 Å². The van der Waals surface area contributed by atoms with E-state index in [1.807, 2.05) is 0 Å². The standard InChI is InChI=1S/C13H24N2O3S2/c1-3-6-14-10-12-9-13(11-19-12)20(16,17)15-7-4-5-8-18-2/h9,11,14-15H,3-8,10H2,1-2H3. The molecule has 0 saturated heterocycles. The SMILES string of the molecule is CCCNCc1cc(S(=O)(=O)NCCCCOC)cs1. The molecule has 0 aliphatic heterocycles. The van der Waals surface area contributed by atoms with Crippen molar-refractivity contribution in [3.63, 3.8) is 0 Å². The van der Waals surface area contributed by atoms with Crippen molar-refractivity contribution in [1.29, 1.82) is 0 Å². The molecule has 0 unspecified atom stereocenters. The van der Waals surface area contributed by atoms with Crippen LogP contribution in [-0.2, 0) is 21.3 Å². The van der Waals surface area contributed by atoms with Gasteiger partial charge in [-0.3, -0.25) is 0 Å². The zero-order valence-electron chi connectivity index (χ0n) is 12.1. The average Bonchev–Trinajstić information content (AvgIpc) is 2.88. The molecule has 0 atom stereocenters. The van der Waals surface area contributed by atoms with E-state index in [2.05, 4.69) is 17.0 Å². The lowest BCUT2D eigenvalue weighted by molar-refractivity contribution is 0.193. The largest absolute Gasteiger partial charge is 0.385 e. The number of hydrogen-bond acceptors (Lipinski definition) is 5. The topological polar surface area (TPSA) is 67.4 Å². The van der Waals surface area contributed by atoms with Crippen LogP contribution in [0, 0.1) is 0 Å². The predicted molar refractivity (Wildman–Crippen MR) is 82.6 cm³/mol. The van der Waals surface area contributed by atoms with Gasteiger partial charge in [0.05, 0.1) is 4.90 Å². The van der Waals surface area contributed by atoms with E-state index >= 15 is 0 Å². The van der Waals surface area contributed by atoms with Gasteiger partial charge in [-0.25, -0.2) is 13.1 Å². The fourth-order valence-electron chi connectivity index (χ4n) is 1.64. The van der Waals surface area contributed by atoms with E-state index in [9.17, 15) is 8.42 Å². The lowest BCUT2D eigenvalue weighted by Gasteiger charge is -2.04. The molecule has 1 aromatic rings. The Morgan fingerprint density at radius 2 is 2.10 bits per heavy atom. The van der Waals surface area contributed by atoms with Crippen molar-refractivity contribution in [3.8, 4) is 0 Å². The van der Waals surface area contributed by atoms with Crippen LogP contribution >= 0.6 is 11.3 Å². The summed E-state index contributed by atoms with van der Waals surface area (Å²) in [5, 5.41) is 4.96. The average molecular weight is 320 g/mol. The van der Waals surface area contributed by atoms with Crippen molar-refractivity contribution in [2.24, 2.45) is 0 Å². The Kier molecular flexibility index (Phi) is 8.32. The van der Waals surface area contributed by atoms with Crippen LogP contribution in [0.5, 0.6) is 0 Å². The van der Waals surface area contributed by atoms with E-state index in [-0.39, 0.29) is 0 Å². The molecule has 0 aliphatic carbocycles. The van der Waals surface area contributed by atoms with Crippen LogP contribution in [0.4, 0.5) is 0 Å². The smallest absolute Gasteiger partial charge is 0.241 e. The second kappa shape index (κ2) is 9.46. The summed E-state index contributed by atoms with van der Waals surface area (Å²) >= 11 is 1.47. The maximum Gasteiger partial charge on any atom is 0.241 e. The number of thiophene rings is 1. The first-order chi connectivity index (χ1) is 9.60. The van der Waals surface area contributed by atoms with Crippen molar-refractivity contribution in [3.05, 3.63) is 16.3 Å². The molecule has 5 nitrogen and oxygen atoms in total. The molecule has 0 spiro atoms. The minimum atomic E-state index is -3.37. The Morgan fingerprint density at radius 3 is 2.80 bits per heavy atom. The number of hydrogen-bond donors (Lipinski definition) is 2. The number of nitrogens with one attached hydrogen (secondary N) is 2. The molecule has 0 aromatic carbocycles. The lowest BCUT2D eigenvalue weighted by atomic mass is 10.3. The van der Waals surface area contributed by atoms with Crippen LogP contribution in [-0.4, -0.2) is 35.2 Å². The molecule has 0 radical (unpaired) electrons. The van der Waals surface area contributed by atoms with Crippen molar-refractivity contribution in [2.75, 3.05) is 26.8 Å². The highest BCUT2D eigenvalue weighted by molar-refractivity contribution is 7.89. The molecule has 1 rings (SSSR count). The third-order valence-electron chi connectivity index (χ3n) is 2.73. The van der Waals surface area contributed by atoms with Gasteiger partial charge in [0.15, 0.2) is 0 Å². The first-order valence-electron chi connectivity index (χ1n) is 6.87. The van der Waals surface area contributed by atoms with Gasteiger partial charge in [0.1, 0.15) is 0 Å². The number of unbranched alkanes of at least 4 members (excludes halogenated alkanes) is 1. The number of ether oxygens (including phenoxy) is 1. The molecule has 116 valence electrons. The molecule has 0 fully saturated rings. The van der Waals surface area contributed by atoms with Crippen molar-refractivity contribution >= 4 is 21.4 Å². The van der Waals surface area contributed by atoms with Crippen LogP contribution in [0.2, 0.25) is 0 Å². The zero-order valence-corrected chi connectivity index (χ0v) is 13.8. The van der Waals surface area contributed by atoms with Gasteiger partial charge in [-0.1, -0.05) is 6.92 Å². The molecule has 0 aliphatic rings. The zero-order chi connectivity index (χ0) is 14.8. The first kappa shape index (κ1) is 17.6. The molecule has 1 aromatic heterocycles. The second-order valence-corrected chi connectivity index (χ2v) is 7.29. The van der Waals surface area contributed by atoms with Crippen LogP contribution in [0.1, 0.15) is 31.1 Å². The Balaban J connectivity index is 2.42. The summed E-state index contributed by atoms with van der Waals surface area (Å²) < 4.78 is 31.6. The Bertz CT molecular complexity index is 472. The molecule has 2 N–H and O–H groups in total. The third-order valence-corrected chi connectivity index (χ3v) is 5.26. The number of rotatable bonds is 11. The maximum atomic E-state index is 12.1. The highest BCUT2D eigenvalue weighted by atomic mass is 32.2. The Labute approximate surface area is 125 Å². The van der Waals surface area contributed by atoms with Crippen LogP contribution in [0.3, 0.4) is 0 Å². The molecular formula is C13H24N2O3S2. The molecule has 0 saturated carbocycles. The van der Waals surface area contributed by atoms with E-state index in [1.165, 1.54) is 11.3 Å². The quantitative estimate of drug-likeness (QED) is 0.612. The molecule has 0 bridgehead atoms. The summed E-state index contributed by atoms with van der Waals surface area (Å²) in [6.07, 6.45) is 2.70. The summed E-state index contributed by atoms with van der Waals surface area (Å²) in [6, 6.07) is 1.74. The molecule has 0 amide bonds.